The van der Waals surface area contributed by atoms with Crippen LogP contribution in [0.1, 0.15) is 27.7 Å². The number of aromatic nitrogens is 2. The Hall–Kier alpha value is -3.36. The average molecular weight is 409 g/mol. The van der Waals surface area contributed by atoms with Gasteiger partial charge in [0.25, 0.3) is 5.91 Å². The van der Waals surface area contributed by atoms with Gasteiger partial charge in [-0.25, -0.2) is 0 Å². The number of ether oxygens (including phenoxy) is 3. The molecule has 30 heavy (non-hydrogen) atoms. The van der Waals surface area contributed by atoms with E-state index in [2.05, 4.69) is 10.2 Å². The number of phenols is 1. The molecular formula is C22H23N3O5. The van der Waals surface area contributed by atoms with E-state index in [1.165, 1.54) is 0 Å². The average Bonchev–Trinajstić information content (AvgIpc) is 3.32. The van der Waals surface area contributed by atoms with Crippen LogP contribution in [0.5, 0.6) is 11.5 Å². The van der Waals surface area contributed by atoms with Crippen molar-refractivity contribution >= 4 is 5.91 Å². The maximum absolute atomic E-state index is 13.2. The SMILES string of the molecule is COc1ccc(C2c3c(-c4ccc(O)cc4)n[nH]c3C(=O)N2CC(OC)OC)cc1. The minimum atomic E-state index is -0.566. The number of aromatic hydroxyl groups is 1. The Morgan fingerprint density at radius 3 is 2.33 bits per heavy atom. The van der Waals surface area contributed by atoms with E-state index in [4.69, 9.17) is 14.2 Å². The largest absolute Gasteiger partial charge is 0.508 e. The van der Waals surface area contributed by atoms with Crippen LogP contribution in [0.25, 0.3) is 11.3 Å². The van der Waals surface area contributed by atoms with Crippen molar-refractivity contribution in [3.63, 3.8) is 0 Å². The van der Waals surface area contributed by atoms with Gasteiger partial charge in [-0.3, -0.25) is 9.89 Å². The Kier molecular flexibility index (Phi) is 5.43. The highest BCUT2D eigenvalue weighted by molar-refractivity contribution is 6.00. The molecule has 0 spiro atoms. The molecule has 0 radical (unpaired) electrons. The molecule has 4 rings (SSSR count). The van der Waals surface area contributed by atoms with Crippen LogP contribution in [-0.2, 0) is 9.47 Å². The van der Waals surface area contributed by atoms with Crippen molar-refractivity contribution in [1.29, 1.82) is 0 Å². The fourth-order valence-electron chi connectivity index (χ4n) is 3.76. The van der Waals surface area contributed by atoms with Crippen LogP contribution in [-0.4, -0.2) is 60.3 Å². The Balaban J connectivity index is 1.83. The summed E-state index contributed by atoms with van der Waals surface area (Å²) in [6, 6.07) is 13.9. The Morgan fingerprint density at radius 1 is 1.07 bits per heavy atom. The molecule has 1 atom stereocenters. The molecule has 2 heterocycles. The molecule has 8 heteroatoms. The monoisotopic (exact) mass is 409 g/mol. The summed E-state index contributed by atoms with van der Waals surface area (Å²) in [6.07, 6.45) is -0.566. The first-order valence-corrected chi connectivity index (χ1v) is 9.45. The lowest BCUT2D eigenvalue weighted by Gasteiger charge is -2.29. The minimum absolute atomic E-state index is 0.165. The van der Waals surface area contributed by atoms with Crippen LogP contribution < -0.4 is 4.74 Å². The highest BCUT2D eigenvalue weighted by atomic mass is 16.7. The van der Waals surface area contributed by atoms with Gasteiger partial charge in [-0.15, -0.1) is 0 Å². The first kappa shape index (κ1) is 19.9. The predicted molar refractivity (Wildman–Crippen MR) is 109 cm³/mol. The topological polar surface area (TPSA) is 96.9 Å². The third kappa shape index (κ3) is 3.40. The fraction of sp³-hybridized carbons (Fsp3) is 0.273. The normalized spacial score (nSPS) is 15.7. The lowest BCUT2D eigenvalue weighted by atomic mass is 9.96. The number of hydrogen-bond donors (Lipinski definition) is 2. The number of phenolic OH excluding ortho intramolecular Hbond substituents is 1. The molecule has 0 fully saturated rings. The van der Waals surface area contributed by atoms with Gasteiger partial charge in [0.05, 0.1) is 25.4 Å². The number of methoxy groups -OCH3 is 3. The van der Waals surface area contributed by atoms with Gasteiger partial charge in [0, 0.05) is 25.3 Å². The maximum Gasteiger partial charge on any atom is 0.273 e. The number of carbonyl (C=O) groups excluding carboxylic acids is 1. The second kappa shape index (κ2) is 8.17. The summed E-state index contributed by atoms with van der Waals surface area (Å²) in [4.78, 5) is 15.0. The number of hydrogen-bond acceptors (Lipinski definition) is 6. The van der Waals surface area contributed by atoms with Gasteiger partial charge in [-0.1, -0.05) is 12.1 Å². The van der Waals surface area contributed by atoms with Crippen molar-refractivity contribution in [2.45, 2.75) is 12.3 Å². The minimum Gasteiger partial charge on any atom is -0.508 e. The van der Waals surface area contributed by atoms with E-state index in [0.717, 1.165) is 22.4 Å². The molecule has 8 nitrogen and oxygen atoms in total. The van der Waals surface area contributed by atoms with E-state index in [9.17, 15) is 9.90 Å². The molecule has 1 aliphatic heterocycles. The maximum atomic E-state index is 13.2. The number of aromatic amines is 1. The van der Waals surface area contributed by atoms with Gasteiger partial charge in [-0.05, 0) is 42.0 Å². The number of carbonyl (C=O) groups is 1. The molecule has 2 aromatic carbocycles. The summed E-state index contributed by atoms with van der Waals surface area (Å²) >= 11 is 0. The lowest BCUT2D eigenvalue weighted by molar-refractivity contribution is -0.113. The number of fused-ring (bicyclic) bond motifs is 1. The first-order valence-electron chi connectivity index (χ1n) is 9.45. The van der Waals surface area contributed by atoms with Crippen molar-refractivity contribution in [2.75, 3.05) is 27.9 Å². The summed E-state index contributed by atoms with van der Waals surface area (Å²) in [5, 5.41) is 16.9. The second-order valence-electron chi connectivity index (χ2n) is 6.94. The molecule has 1 unspecified atom stereocenters. The zero-order valence-corrected chi connectivity index (χ0v) is 17.0. The molecule has 1 aromatic heterocycles. The van der Waals surface area contributed by atoms with E-state index in [-0.39, 0.29) is 24.2 Å². The highest BCUT2D eigenvalue weighted by Crippen LogP contribution is 2.43. The smallest absolute Gasteiger partial charge is 0.273 e. The van der Waals surface area contributed by atoms with Crippen LogP contribution >= 0.6 is 0 Å². The molecule has 156 valence electrons. The van der Waals surface area contributed by atoms with Crippen LogP contribution in [0.4, 0.5) is 0 Å². The Bertz CT molecular complexity index is 1030. The van der Waals surface area contributed by atoms with E-state index in [1.54, 1.807) is 50.5 Å². The van der Waals surface area contributed by atoms with Crippen molar-refractivity contribution in [1.82, 2.24) is 15.1 Å². The molecule has 2 N–H and O–H groups in total. The van der Waals surface area contributed by atoms with E-state index >= 15 is 0 Å². The number of nitrogens with zero attached hydrogens (tertiary/aromatic N) is 2. The molecule has 3 aromatic rings. The second-order valence-corrected chi connectivity index (χ2v) is 6.94. The highest BCUT2D eigenvalue weighted by Gasteiger charge is 2.43. The quantitative estimate of drug-likeness (QED) is 0.583. The summed E-state index contributed by atoms with van der Waals surface area (Å²) in [6.45, 7) is 0.250. The molecule has 1 aliphatic rings. The number of amides is 1. The summed E-state index contributed by atoms with van der Waals surface area (Å²) < 4.78 is 16.0. The van der Waals surface area contributed by atoms with Crippen molar-refractivity contribution in [3.8, 4) is 22.8 Å². The summed E-state index contributed by atoms with van der Waals surface area (Å²) in [5.41, 5.74) is 3.59. The number of rotatable bonds is 7. The van der Waals surface area contributed by atoms with Gasteiger partial charge in [0.15, 0.2) is 6.29 Å². The molecule has 0 bridgehead atoms. The molecule has 0 saturated heterocycles. The zero-order valence-electron chi connectivity index (χ0n) is 17.0. The number of nitrogens with one attached hydrogen (secondary N) is 1. The molecule has 0 aliphatic carbocycles. The van der Waals surface area contributed by atoms with Gasteiger partial charge in [-0.2, -0.15) is 5.10 Å². The van der Waals surface area contributed by atoms with Crippen LogP contribution in [0.15, 0.2) is 48.5 Å². The summed E-state index contributed by atoms with van der Waals surface area (Å²) in [7, 11) is 4.69. The van der Waals surface area contributed by atoms with Crippen molar-refractivity contribution in [2.24, 2.45) is 0 Å². The summed E-state index contributed by atoms with van der Waals surface area (Å²) in [5.74, 6) is 0.716. The van der Waals surface area contributed by atoms with E-state index in [1.807, 2.05) is 24.3 Å². The van der Waals surface area contributed by atoms with E-state index < -0.39 is 6.29 Å². The van der Waals surface area contributed by atoms with Crippen molar-refractivity contribution in [3.05, 3.63) is 65.4 Å². The Morgan fingerprint density at radius 2 is 1.73 bits per heavy atom. The fourth-order valence-corrected chi connectivity index (χ4v) is 3.76. The predicted octanol–water partition coefficient (Wildman–Crippen LogP) is 2.96. The van der Waals surface area contributed by atoms with Gasteiger partial charge >= 0.3 is 0 Å². The van der Waals surface area contributed by atoms with Gasteiger partial charge in [0.1, 0.15) is 17.2 Å². The van der Waals surface area contributed by atoms with Gasteiger partial charge < -0.3 is 24.2 Å². The zero-order chi connectivity index (χ0) is 21.3. The van der Waals surface area contributed by atoms with Crippen molar-refractivity contribution < 1.29 is 24.1 Å². The number of H-pyrrole nitrogens is 1. The Labute approximate surface area is 174 Å². The lowest BCUT2D eigenvalue weighted by Crippen LogP contribution is -2.38. The third-order valence-corrected chi connectivity index (χ3v) is 5.31. The van der Waals surface area contributed by atoms with Crippen LogP contribution in [0, 0.1) is 0 Å². The van der Waals surface area contributed by atoms with Gasteiger partial charge in [0.2, 0.25) is 0 Å². The number of benzene rings is 2. The molecular weight excluding hydrogens is 386 g/mol. The first-order chi connectivity index (χ1) is 14.6. The standard InChI is InChI=1S/C22H23N3O5/c1-28-16-10-6-14(7-11-16)21-18-19(13-4-8-15(26)9-5-13)23-24-20(18)22(27)25(21)12-17(29-2)30-3/h4-11,17,21,26H,12H2,1-3H3,(H,23,24). The van der Waals surface area contributed by atoms with E-state index in [0.29, 0.717) is 11.4 Å². The van der Waals surface area contributed by atoms with Crippen LogP contribution in [0.3, 0.4) is 0 Å². The molecule has 1 amide bonds. The molecule has 0 saturated carbocycles. The van der Waals surface area contributed by atoms with Crippen LogP contribution in [0.2, 0.25) is 0 Å². The third-order valence-electron chi connectivity index (χ3n) is 5.31.